The second-order valence-electron chi connectivity index (χ2n) is 5.49. The van der Waals surface area contributed by atoms with Gasteiger partial charge in [-0.15, -0.1) is 0 Å². The number of nitrogens with one attached hydrogen (secondary N) is 1. The van der Waals surface area contributed by atoms with E-state index in [-0.39, 0.29) is 6.42 Å². The summed E-state index contributed by atoms with van der Waals surface area (Å²) >= 11 is 0. The molecule has 1 fully saturated rings. The zero-order valence-electron chi connectivity index (χ0n) is 12.6. The molecule has 0 amide bonds. The summed E-state index contributed by atoms with van der Waals surface area (Å²) in [5.41, 5.74) is 1.16. The summed E-state index contributed by atoms with van der Waals surface area (Å²) in [6.07, 6.45) is 1.86. The Balaban J connectivity index is 1.76. The zero-order chi connectivity index (χ0) is 15.1. The van der Waals surface area contributed by atoms with Crippen LogP contribution in [0.1, 0.15) is 19.3 Å². The van der Waals surface area contributed by atoms with E-state index >= 15 is 0 Å². The average Bonchev–Trinajstić information content (AvgIpc) is 2.52. The molecular formula is C16H24N2O3. The summed E-state index contributed by atoms with van der Waals surface area (Å²) < 4.78 is 5.42. The predicted molar refractivity (Wildman–Crippen MR) is 79.6 cm³/mol. The highest BCUT2D eigenvalue weighted by Crippen LogP contribution is 2.27. The molecular weight excluding hydrogens is 268 g/mol. The first-order valence-electron chi connectivity index (χ1n) is 7.62. The molecule has 1 heterocycles. The second-order valence-corrected chi connectivity index (χ2v) is 5.49. The number of hydrogen-bond acceptors (Lipinski definition) is 4. The van der Waals surface area contributed by atoms with Crippen molar-refractivity contribution in [1.82, 2.24) is 0 Å². The van der Waals surface area contributed by atoms with Gasteiger partial charge in [0.05, 0.1) is 45.5 Å². The van der Waals surface area contributed by atoms with Gasteiger partial charge in [0, 0.05) is 5.97 Å². The number of carbonyl (C=O) groups excluding carboxylic acids is 1. The standard InChI is InChI=1S/C16H24N2O3/c1-21-15-7-3-2-6-14(15)18-12-10-17(11-13-18)9-5-4-8-16(19)20/h2-3,6-7H,4-5,8-13H2,1H3,(H,19,20). The molecule has 0 spiro atoms. The van der Waals surface area contributed by atoms with Gasteiger partial charge in [-0.1, -0.05) is 12.1 Å². The molecule has 0 radical (unpaired) electrons. The molecule has 0 atom stereocenters. The number of aliphatic carboxylic acids is 1. The summed E-state index contributed by atoms with van der Waals surface area (Å²) in [5, 5.41) is 10.4. The van der Waals surface area contributed by atoms with Crippen LogP contribution in [0.5, 0.6) is 5.75 Å². The Morgan fingerprint density at radius 1 is 1.29 bits per heavy atom. The molecule has 1 aromatic carbocycles. The van der Waals surface area contributed by atoms with Gasteiger partial charge in [-0.2, -0.15) is 0 Å². The number of unbranched alkanes of at least 4 members (excludes halogenated alkanes) is 1. The molecule has 21 heavy (non-hydrogen) atoms. The van der Waals surface area contributed by atoms with Crippen molar-refractivity contribution in [3.8, 4) is 5.75 Å². The van der Waals surface area contributed by atoms with Crippen LogP contribution in [0.15, 0.2) is 24.3 Å². The summed E-state index contributed by atoms with van der Waals surface area (Å²) in [4.78, 5) is 14.3. The molecule has 116 valence electrons. The number of benzene rings is 1. The fraction of sp³-hybridized carbons (Fsp3) is 0.562. The van der Waals surface area contributed by atoms with Crippen molar-refractivity contribution in [3.63, 3.8) is 0 Å². The van der Waals surface area contributed by atoms with E-state index in [1.165, 1.54) is 0 Å². The van der Waals surface area contributed by atoms with Gasteiger partial charge in [0.15, 0.2) is 0 Å². The Bertz CT molecular complexity index is 457. The molecule has 1 N–H and O–H groups in total. The Morgan fingerprint density at radius 3 is 2.67 bits per heavy atom. The normalized spacial score (nSPS) is 16.0. The van der Waals surface area contributed by atoms with Gasteiger partial charge in [0.2, 0.25) is 0 Å². The zero-order valence-corrected chi connectivity index (χ0v) is 12.6. The molecule has 1 saturated heterocycles. The molecule has 2 rings (SSSR count). The van der Waals surface area contributed by atoms with Gasteiger partial charge in [-0.25, -0.2) is 0 Å². The first-order chi connectivity index (χ1) is 10.2. The average molecular weight is 292 g/mol. The SMILES string of the molecule is COc1ccccc1N1CC[NH+](CCCCC(=O)[O-])CC1. The molecule has 0 bridgehead atoms. The number of anilines is 1. The largest absolute Gasteiger partial charge is 0.550 e. The number of carbonyl (C=O) groups is 1. The highest BCUT2D eigenvalue weighted by molar-refractivity contribution is 5.64. The van der Waals surface area contributed by atoms with Crippen molar-refractivity contribution in [3.05, 3.63) is 24.3 Å². The van der Waals surface area contributed by atoms with Crippen LogP contribution in [-0.2, 0) is 4.79 Å². The van der Waals surface area contributed by atoms with Crippen molar-refractivity contribution in [2.45, 2.75) is 19.3 Å². The van der Waals surface area contributed by atoms with E-state index in [2.05, 4.69) is 11.0 Å². The molecule has 1 aromatic rings. The number of rotatable bonds is 7. The topological polar surface area (TPSA) is 57.0 Å². The van der Waals surface area contributed by atoms with Gasteiger partial charge >= 0.3 is 0 Å². The Labute approximate surface area is 126 Å². The first-order valence-corrected chi connectivity index (χ1v) is 7.62. The highest BCUT2D eigenvalue weighted by Gasteiger charge is 2.21. The van der Waals surface area contributed by atoms with Gasteiger partial charge in [0.25, 0.3) is 0 Å². The fourth-order valence-corrected chi connectivity index (χ4v) is 2.85. The number of carboxylic acids is 1. The number of hydrogen-bond donors (Lipinski definition) is 1. The van der Waals surface area contributed by atoms with E-state index in [0.29, 0.717) is 0 Å². The maximum absolute atomic E-state index is 10.4. The van der Waals surface area contributed by atoms with Crippen molar-refractivity contribution >= 4 is 11.7 Å². The lowest BCUT2D eigenvalue weighted by Gasteiger charge is -2.34. The first kappa shape index (κ1) is 15.6. The van der Waals surface area contributed by atoms with Crippen molar-refractivity contribution < 1.29 is 19.5 Å². The Hall–Kier alpha value is -1.75. The number of quaternary nitrogens is 1. The van der Waals surface area contributed by atoms with Crippen LogP contribution in [0.4, 0.5) is 5.69 Å². The minimum atomic E-state index is -0.939. The number of piperazine rings is 1. The number of nitrogens with zero attached hydrogens (tertiary/aromatic N) is 1. The third-order valence-corrected chi connectivity index (χ3v) is 4.06. The van der Waals surface area contributed by atoms with Crippen LogP contribution in [-0.4, -0.2) is 45.8 Å². The maximum atomic E-state index is 10.4. The monoisotopic (exact) mass is 292 g/mol. The molecule has 1 aliphatic rings. The number of carboxylic acid groups (broad SMARTS) is 1. The van der Waals surface area contributed by atoms with Gasteiger partial charge in [-0.3, -0.25) is 0 Å². The van der Waals surface area contributed by atoms with Crippen LogP contribution in [0, 0.1) is 0 Å². The summed E-state index contributed by atoms with van der Waals surface area (Å²) in [5.74, 6) is -0.0131. The minimum absolute atomic E-state index is 0.181. The van der Waals surface area contributed by atoms with E-state index in [0.717, 1.165) is 57.0 Å². The third kappa shape index (κ3) is 4.63. The summed E-state index contributed by atoms with van der Waals surface area (Å²) in [7, 11) is 1.71. The van der Waals surface area contributed by atoms with Crippen LogP contribution >= 0.6 is 0 Å². The predicted octanol–water partition coefficient (Wildman–Crippen LogP) is -0.680. The lowest BCUT2D eigenvalue weighted by molar-refractivity contribution is -0.900. The number of methoxy groups -OCH3 is 1. The van der Waals surface area contributed by atoms with E-state index < -0.39 is 5.97 Å². The van der Waals surface area contributed by atoms with Crippen LogP contribution in [0.3, 0.4) is 0 Å². The van der Waals surface area contributed by atoms with Crippen LogP contribution in [0.25, 0.3) is 0 Å². The molecule has 5 heteroatoms. The van der Waals surface area contributed by atoms with E-state index in [9.17, 15) is 9.90 Å². The van der Waals surface area contributed by atoms with Crippen molar-refractivity contribution in [2.24, 2.45) is 0 Å². The minimum Gasteiger partial charge on any atom is -0.550 e. The maximum Gasteiger partial charge on any atom is 0.142 e. The lowest BCUT2D eigenvalue weighted by Crippen LogP contribution is -3.14. The number of para-hydroxylation sites is 2. The molecule has 0 saturated carbocycles. The molecule has 1 aliphatic heterocycles. The lowest BCUT2D eigenvalue weighted by atomic mass is 10.2. The summed E-state index contributed by atoms with van der Waals surface area (Å²) in [6, 6.07) is 8.12. The fourth-order valence-electron chi connectivity index (χ4n) is 2.85. The molecule has 0 aliphatic carbocycles. The van der Waals surface area contributed by atoms with Gasteiger partial charge in [-0.05, 0) is 31.4 Å². The smallest absolute Gasteiger partial charge is 0.142 e. The van der Waals surface area contributed by atoms with Gasteiger partial charge in [0.1, 0.15) is 5.75 Å². The molecule has 0 unspecified atom stereocenters. The van der Waals surface area contributed by atoms with Gasteiger partial charge < -0.3 is 24.4 Å². The Kier molecular flexibility index (Phi) is 5.87. The third-order valence-electron chi connectivity index (χ3n) is 4.06. The number of ether oxygens (including phenoxy) is 1. The van der Waals surface area contributed by atoms with E-state index in [1.54, 1.807) is 12.0 Å². The Morgan fingerprint density at radius 2 is 2.00 bits per heavy atom. The highest BCUT2D eigenvalue weighted by atomic mass is 16.5. The second kappa shape index (κ2) is 7.88. The van der Waals surface area contributed by atoms with Crippen LogP contribution < -0.4 is 19.6 Å². The van der Waals surface area contributed by atoms with E-state index in [1.807, 2.05) is 18.2 Å². The van der Waals surface area contributed by atoms with Crippen LogP contribution in [0.2, 0.25) is 0 Å². The summed E-state index contributed by atoms with van der Waals surface area (Å²) in [6.45, 7) is 5.24. The quantitative estimate of drug-likeness (QED) is 0.677. The molecule has 0 aromatic heterocycles. The molecule has 5 nitrogen and oxygen atoms in total. The van der Waals surface area contributed by atoms with Crippen molar-refractivity contribution in [2.75, 3.05) is 44.7 Å². The van der Waals surface area contributed by atoms with Crippen molar-refractivity contribution in [1.29, 1.82) is 0 Å². The van der Waals surface area contributed by atoms with E-state index in [4.69, 9.17) is 4.74 Å².